The molecule has 0 spiro atoms. The Labute approximate surface area is 122 Å². The maximum absolute atomic E-state index is 12.2. The molecule has 20 heavy (non-hydrogen) atoms. The standard InChI is InChI=1S/C14H17ClN4O/c1-9(2)7-19-14(17-8-18-19)6-13(20)10-3-4-11(15)12(16)5-10/h3-5,8-9H,6-7,16H2,1-2H3. The lowest BCUT2D eigenvalue weighted by atomic mass is 10.1. The van der Waals surface area contributed by atoms with Gasteiger partial charge in [0.25, 0.3) is 0 Å². The zero-order chi connectivity index (χ0) is 14.7. The largest absolute Gasteiger partial charge is 0.398 e. The third-order valence-corrected chi connectivity index (χ3v) is 3.21. The van der Waals surface area contributed by atoms with Crippen LogP contribution in [-0.4, -0.2) is 20.5 Å². The Morgan fingerprint density at radius 3 is 2.85 bits per heavy atom. The first-order valence-electron chi connectivity index (χ1n) is 6.42. The van der Waals surface area contributed by atoms with E-state index in [9.17, 15) is 4.79 Å². The smallest absolute Gasteiger partial charge is 0.170 e. The molecular formula is C14H17ClN4O. The lowest BCUT2D eigenvalue weighted by Crippen LogP contribution is -2.14. The molecule has 0 radical (unpaired) electrons. The summed E-state index contributed by atoms with van der Waals surface area (Å²) in [4.78, 5) is 16.4. The van der Waals surface area contributed by atoms with Crippen LogP contribution < -0.4 is 5.73 Å². The molecule has 6 heteroatoms. The fourth-order valence-electron chi connectivity index (χ4n) is 1.89. The van der Waals surface area contributed by atoms with Crippen LogP contribution in [0.3, 0.4) is 0 Å². The number of Topliss-reactive ketones (excluding diaryl/α,β-unsaturated/α-hetero) is 1. The lowest BCUT2D eigenvalue weighted by Gasteiger charge is -2.08. The summed E-state index contributed by atoms with van der Waals surface area (Å²) in [6, 6.07) is 4.89. The van der Waals surface area contributed by atoms with Gasteiger partial charge in [-0.15, -0.1) is 0 Å². The summed E-state index contributed by atoms with van der Waals surface area (Å²) in [7, 11) is 0. The summed E-state index contributed by atoms with van der Waals surface area (Å²) >= 11 is 5.85. The minimum Gasteiger partial charge on any atom is -0.398 e. The second-order valence-electron chi connectivity index (χ2n) is 5.09. The highest BCUT2D eigenvalue weighted by Crippen LogP contribution is 2.20. The molecule has 0 unspecified atom stereocenters. The van der Waals surface area contributed by atoms with Gasteiger partial charge in [0.1, 0.15) is 12.2 Å². The van der Waals surface area contributed by atoms with Crippen LogP contribution in [-0.2, 0) is 13.0 Å². The van der Waals surface area contributed by atoms with Crippen LogP contribution >= 0.6 is 11.6 Å². The molecule has 0 bridgehead atoms. The van der Waals surface area contributed by atoms with Crippen LogP contribution in [0.1, 0.15) is 30.0 Å². The van der Waals surface area contributed by atoms with Gasteiger partial charge in [-0.3, -0.25) is 4.79 Å². The third kappa shape index (κ3) is 3.36. The molecule has 2 N–H and O–H groups in total. The van der Waals surface area contributed by atoms with Crippen LogP contribution in [0.5, 0.6) is 0 Å². The van der Waals surface area contributed by atoms with E-state index in [4.69, 9.17) is 17.3 Å². The summed E-state index contributed by atoms with van der Waals surface area (Å²) in [6.07, 6.45) is 1.68. The van der Waals surface area contributed by atoms with E-state index in [1.54, 1.807) is 22.9 Å². The maximum Gasteiger partial charge on any atom is 0.170 e. The van der Waals surface area contributed by atoms with Gasteiger partial charge in [-0.2, -0.15) is 5.10 Å². The van der Waals surface area contributed by atoms with Crippen molar-refractivity contribution in [2.45, 2.75) is 26.8 Å². The second-order valence-corrected chi connectivity index (χ2v) is 5.50. The molecular weight excluding hydrogens is 276 g/mol. The monoisotopic (exact) mass is 292 g/mol. The highest BCUT2D eigenvalue weighted by Gasteiger charge is 2.13. The minimum atomic E-state index is -0.0497. The number of hydrogen-bond acceptors (Lipinski definition) is 4. The van der Waals surface area contributed by atoms with E-state index in [-0.39, 0.29) is 12.2 Å². The molecule has 0 amide bonds. The van der Waals surface area contributed by atoms with Gasteiger partial charge < -0.3 is 5.73 Å². The van der Waals surface area contributed by atoms with E-state index in [0.29, 0.717) is 28.0 Å². The Balaban J connectivity index is 2.15. The van der Waals surface area contributed by atoms with Gasteiger partial charge >= 0.3 is 0 Å². The van der Waals surface area contributed by atoms with Gasteiger partial charge in [-0.25, -0.2) is 9.67 Å². The van der Waals surface area contributed by atoms with E-state index >= 15 is 0 Å². The highest BCUT2D eigenvalue weighted by atomic mass is 35.5. The third-order valence-electron chi connectivity index (χ3n) is 2.87. The van der Waals surface area contributed by atoms with Crippen molar-refractivity contribution >= 4 is 23.1 Å². The molecule has 1 aromatic carbocycles. The Morgan fingerprint density at radius 2 is 2.20 bits per heavy atom. The van der Waals surface area contributed by atoms with Crippen molar-refractivity contribution in [2.75, 3.05) is 5.73 Å². The minimum absolute atomic E-state index is 0.0497. The predicted octanol–water partition coefficient (Wildman–Crippen LogP) is 2.60. The number of benzene rings is 1. The first kappa shape index (κ1) is 14.5. The molecule has 106 valence electrons. The molecule has 0 aliphatic heterocycles. The molecule has 1 heterocycles. The number of carbonyl (C=O) groups excluding carboxylic acids is 1. The first-order chi connectivity index (χ1) is 9.47. The molecule has 0 saturated heterocycles. The Kier molecular flexibility index (Phi) is 4.39. The second kappa shape index (κ2) is 6.05. The van der Waals surface area contributed by atoms with Crippen molar-refractivity contribution in [3.05, 3.63) is 40.9 Å². The Hall–Kier alpha value is -1.88. The summed E-state index contributed by atoms with van der Waals surface area (Å²) in [5.41, 5.74) is 6.65. The van der Waals surface area contributed by atoms with Gasteiger partial charge in [0.15, 0.2) is 5.78 Å². The quantitative estimate of drug-likeness (QED) is 0.679. The fourth-order valence-corrected chi connectivity index (χ4v) is 2.00. The van der Waals surface area contributed by atoms with Crippen molar-refractivity contribution in [3.8, 4) is 0 Å². The molecule has 2 rings (SSSR count). The molecule has 0 atom stereocenters. The van der Waals surface area contributed by atoms with E-state index < -0.39 is 0 Å². The number of nitrogen functional groups attached to an aromatic ring is 1. The van der Waals surface area contributed by atoms with E-state index in [0.717, 1.165) is 6.54 Å². The number of ketones is 1. The average Bonchev–Trinajstić information content (AvgIpc) is 2.79. The lowest BCUT2D eigenvalue weighted by molar-refractivity contribution is 0.0989. The van der Waals surface area contributed by atoms with Gasteiger partial charge in [-0.1, -0.05) is 25.4 Å². The van der Waals surface area contributed by atoms with Crippen LogP contribution in [0, 0.1) is 5.92 Å². The van der Waals surface area contributed by atoms with Gasteiger partial charge in [0, 0.05) is 12.1 Å². The van der Waals surface area contributed by atoms with E-state index in [2.05, 4.69) is 23.9 Å². The number of carbonyl (C=O) groups is 1. The summed E-state index contributed by atoms with van der Waals surface area (Å²) in [5.74, 6) is 1.06. The van der Waals surface area contributed by atoms with Gasteiger partial charge in [-0.05, 0) is 24.1 Å². The SMILES string of the molecule is CC(C)Cn1ncnc1CC(=O)c1ccc(Cl)c(N)c1. The number of nitrogens with two attached hydrogens (primary N) is 1. The van der Waals surface area contributed by atoms with E-state index in [1.807, 2.05) is 0 Å². The summed E-state index contributed by atoms with van der Waals surface area (Å²) in [6.45, 7) is 4.92. The Morgan fingerprint density at radius 1 is 1.45 bits per heavy atom. The number of anilines is 1. The van der Waals surface area contributed by atoms with Crippen molar-refractivity contribution in [2.24, 2.45) is 5.92 Å². The van der Waals surface area contributed by atoms with Gasteiger partial charge in [0.2, 0.25) is 0 Å². The maximum atomic E-state index is 12.2. The zero-order valence-corrected chi connectivity index (χ0v) is 12.3. The normalized spacial score (nSPS) is 11.0. The molecule has 0 aliphatic carbocycles. The van der Waals surface area contributed by atoms with Crippen LogP contribution in [0.15, 0.2) is 24.5 Å². The van der Waals surface area contributed by atoms with Crippen molar-refractivity contribution in [3.63, 3.8) is 0 Å². The fraction of sp³-hybridized carbons (Fsp3) is 0.357. The zero-order valence-electron chi connectivity index (χ0n) is 11.5. The molecule has 1 aromatic heterocycles. The van der Waals surface area contributed by atoms with Crippen molar-refractivity contribution in [1.82, 2.24) is 14.8 Å². The van der Waals surface area contributed by atoms with Crippen LogP contribution in [0.2, 0.25) is 5.02 Å². The summed E-state index contributed by atoms with van der Waals surface area (Å²) < 4.78 is 1.77. The number of rotatable bonds is 5. The van der Waals surface area contributed by atoms with Gasteiger partial charge in [0.05, 0.1) is 17.1 Å². The molecule has 0 aliphatic rings. The average molecular weight is 293 g/mol. The number of nitrogens with zero attached hydrogens (tertiary/aromatic N) is 3. The first-order valence-corrected chi connectivity index (χ1v) is 6.80. The Bertz CT molecular complexity index is 621. The topological polar surface area (TPSA) is 73.8 Å². The van der Waals surface area contributed by atoms with Crippen LogP contribution in [0.4, 0.5) is 5.69 Å². The number of hydrogen-bond donors (Lipinski definition) is 1. The van der Waals surface area contributed by atoms with Crippen LogP contribution in [0.25, 0.3) is 0 Å². The number of aromatic nitrogens is 3. The number of halogens is 1. The van der Waals surface area contributed by atoms with E-state index in [1.165, 1.54) is 6.33 Å². The van der Waals surface area contributed by atoms with Crippen molar-refractivity contribution in [1.29, 1.82) is 0 Å². The predicted molar refractivity (Wildman–Crippen MR) is 78.8 cm³/mol. The molecule has 2 aromatic rings. The molecule has 0 fully saturated rings. The summed E-state index contributed by atoms with van der Waals surface area (Å²) in [5, 5.41) is 4.59. The van der Waals surface area contributed by atoms with Crippen molar-refractivity contribution < 1.29 is 4.79 Å². The highest BCUT2D eigenvalue weighted by molar-refractivity contribution is 6.33. The molecule has 5 nitrogen and oxygen atoms in total. The molecule has 0 saturated carbocycles.